The van der Waals surface area contributed by atoms with E-state index in [0.29, 0.717) is 24.9 Å². The molecule has 0 saturated heterocycles. The van der Waals surface area contributed by atoms with Crippen LogP contribution >= 0.6 is 0 Å². The molecule has 0 heterocycles. The fourth-order valence-electron chi connectivity index (χ4n) is 2.95. The summed E-state index contributed by atoms with van der Waals surface area (Å²) in [4.78, 5) is 12.0. The van der Waals surface area contributed by atoms with E-state index in [-0.39, 0.29) is 24.8 Å². The zero-order valence-electron chi connectivity index (χ0n) is 13.0. The molecule has 1 aromatic carbocycles. The number of carbonyl (C=O) groups excluding carboxylic acids is 1. The summed E-state index contributed by atoms with van der Waals surface area (Å²) in [5.41, 5.74) is 0.435. The lowest BCUT2D eigenvalue weighted by Crippen LogP contribution is -2.38. The third-order valence-electron chi connectivity index (χ3n) is 4.17. The van der Waals surface area contributed by atoms with Crippen LogP contribution in [0.4, 0.5) is 4.39 Å². The second-order valence-electron chi connectivity index (χ2n) is 6.10. The smallest absolute Gasteiger partial charge is 0.223 e. The Labute approximate surface area is 130 Å². The van der Waals surface area contributed by atoms with Crippen LogP contribution in [0.1, 0.15) is 49.7 Å². The minimum absolute atomic E-state index is 0.138. The fourth-order valence-corrected chi connectivity index (χ4v) is 2.95. The van der Waals surface area contributed by atoms with Crippen LogP contribution in [0.5, 0.6) is 0 Å². The summed E-state index contributed by atoms with van der Waals surface area (Å²) in [6, 6.07) is 4.71. The average molecular weight is 309 g/mol. The van der Waals surface area contributed by atoms with Crippen LogP contribution in [0.15, 0.2) is 18.2 Å². The van der Waals surface area contributed by atoms with Crippen LogP contribution in [0.2, 0.25) is 0 Å². The highest BCUT2D eigenvalue weighted by atomic mass is 19.1. The first-order valence-electron chi connectivity index (χ1n) is 7.78. The molecule has 1 aliphatic carbocycles. The number of carbonyl (C=O) groups is 1. The minimum atomic E-state index is -0.855. The maximum Gasteiger partial charge on any atom is 0.223 e. The van der Waals surface area contributed by atoms with Crippen molar-refractivity contribution in [2.45, 2.75) is 57.3 Å². The Kier molecular flexibility index (Phi) is 5.91. The SMILES string of the molecule is COCc1cc(CNC(=O)CC2(O)CCCCC2)ccc1F. The molecule has 0 unspecified atom stereocenters. The van der Waals surface area contributed by atoms with Gasteiger partial charge in [0.2, 0.25) is 5.91 Å². The van der Waals surface area contributed by atoms with Crippen LogP contribution in [0.25, 0.3) is 0 Å². The van der Waals surface area contributed by atoms with Crippen molar-refractivity contribution in [1.82, 2.24) is 5.32 Å². The number of hydrogen-bond acceptors (Lipinski definition) is 3. The number of rotatable bonds is 6. The molecule has 2 N–H and O–H groups in total. The zero-order chi connectivity index (χ0) is 16.0. The van der Waals surface area contributed by atoms with Crippen LogP contribution in [0, 0.1) is 5.82 Å². The summed E-state index contributed by atoms with van der Waals surface area (Å²) < 4.78 is 18.5. The summed E-state index contributed by atoms with van der Waals surface area (Å²) in [5.74, 6) is -0.476. The van der Waals surface area contributed by atoms with Gasteiger partial charge in [-0.3, -0.25) is 4.79 Å². The quantitative estimate of drug-likeness (QED) is 0.849. The molecule has 122 valence electrons. The minimum Gasteiger partial charge on any atom is -0.389 e. The zero-order valence-corrected chi connectivity index (χ0v) is 13.0. The summed E-state index contributed by atoms with van der Waals surface area (Å²) in [6.07, 6.45) is 4.59. The predicted molar refractivity (Wildman–Crippen MR) is 81.6 cm³/mol. The van der Waals surface area contributed by atoms with Gasteiger partial charge in [0.25, 0.3) is 0 Å². The van der Waals surface area contributed by atoms with Gasteiger partial charge in [-0.1, -0.05) is 25.3 Å². The lowest BCUT2D eigenvalue weighted by molar-refractivity contribution is -0.127. The first kappa shape index (κ1) is 16.9. The number of nitrogens with one attached hydrogen (secondary N) is 1. The number of aliphatic hydroxyl groups is 1. The largest absolute Gasteiger partial charge is 0.389 e. The van der Waals surface area contributed by atoms with Crippen LogP contribution in [0.3, 0.4) is 0 Å². The Morgan fingerprint density at radius 1 is 1.36 bits per heavy atom. The van der Waals surface area contributed by atoms with Gasteiger partial charge in [0, 0.05) is 19.2 Å². The molecule has 0 spiro atoms. The third kappa shape index (κ3) is 4.78. The topological polar surface area (TPSA) is 58.6 Å². The third-order valence-corrected chi connectivity index (χ3v) is 4.17. The molecule has 5 heteroatoms. The Morgan fingerprint density at radius 3 is 2.77 bits per heavy atom. The Morgan fingerprint density at radius 2 is 2.09 bits per heavy atom. The molecule has 1 aromatic rings. The molecular formula is C17H24FNO3. The second kappa shape index (κ2) is 7.70. The normalized spacial score (nSPS) is 17.2. The van der Waals surface area contributed by atoms with Crippen molar-refractivity contribution in [3.05, 3.63) is 35.1 Å². The number of methoxy groups -OCH3 is 1. The van der Waals surface area contributed by atoms with Crippen molar-refractivity contribution >= 4 is 5.91 Å². The molecule has 0 radical (unpaired) electrons. The molecular weight excluding hydrogens is 285 g/mol. The van der Waals surface area contributed by atoms with Crippen LogP contribution in [-0.4, -0.2) is 23.7 Å². The summed E-state index contributed by atoms with van der Waals surface area (Å²) in [7, 11) is 1.51. The van der Waals surface area contributed by atoms with Gasteiger partial charge in [0.15, 0.2) is 0 Å². The Hall–Kier alpha value is -1.46. The molecule has 22 heavy (non-hydrogen) atoms. The maximum atomic E-state index is 13.5. The Bertz CT molecular complexity index is 513. The first-order chi connectivity index (χ1) is 10.5. The van der Waals surface area contributed by atoms with Crippen LogP contribution in [-0.2, 0) is 22.7 Å². The van der Waals surface area contributed by atoms with E-state index in [2.05, 4.69) is 5.32 Å². The molecule has 0 aromatic heterocycles. The summed E-state index contributed by atoms with van der Waals surface area (Å²) in [6.45, 7) is 0.527. The lowest BCUT2D eigenvalue weighted by Gasteiger charge is -2.31. The second-order valence-corrected chi connectivity index (χ2v) is 6.10. The highest BCUT2D eigenvalue weighted by Gasteiger charge is 2.31. The van der Waals surface area contributed by atoms with Crippen molar-refractivity contribution in [2.75, 3.05) is 7.11 Å². The van der Waals surface area contributed by atoms with Gasteiger partial charge in [0.1, 0.15) is 5.82 Å². The van der Waals surface area contributed by atoms with E-state index in [1.54, 1.807) is 12.1 Å². The lowest BCUT2D eigenvalue weighted by atomic mass is 9.82. The van der Waals surface area contributed by atoms with Gasteiger partial charge >= 0.3 is 0 Å². The van der Waals surface area contributed by atoms with E-state index < -0.39 is 5.60 Å². The van der Waals surface area contributed by atoms with Crippen molar-refractivity contribution in [1.29, 1.82) is 0 Å². The van der Waals surface area contributed by atoms with Gasteiger partial charge in [-0.25, -0.2) is 4.39 Å². The molecule has 1 aliphatic rings. The average Bonchev–Trinajstić information content (AvgIpc) is 2.48. The number of halogens is 1. The standard InChI is InChI=1S/C17H24FNO3/c1-22-12-14-9-13(5-6-15(14)18)11-19-16(20)10-17(21)7-3-2-4-8-17/h5-6,9,21H,2-4,7-8,10-12H2,1H3,(H,19,20). The molecule has 1 amide bonds. The summed E-state index contributed by atoms with van der Waals surface area (Å²) in [5, 5.41) is 13.2. The van der Waals surface area contributed by atoms with E-state index in [9.17, 15) is 14.3 Å². The van der Waals surface area contributed by atoms with Crippen molar-refractivity contribution in [2.24, 2.45) is 0 Å². The molecule has 1 saturated carbocycles. The molecule has 1 fully saturated rings. The summed E-state index contributed by atoms with van der Waals surface area (Å²) >= 11 is 0. The molecule has 0 atom stereocenters. The monoisotopic (exact) mass is 309 g/mol. The fraction of sp³-hybridized carbons (Fsp3) is 0.588. The number of amides is 1. The van der Waals surface area contributed by atoms with E-state index in [1.165, 1.54) is 13.2 Å². The van der Waals surface area contributed by atoms with E-state index >= 15 is 0 Å². The van der Waals surface area contributed by atoms with E-state index in [0.717, 1.165) is 24.8 Å². The number of hydrogen-bond donors (Lipinski definition) is 2. The van der Waals surface area contributed by atoms with Gasteiger partial charge in [-0.05, 0) is 30.5 Å². The number of benzene rings is 1. The molecule has 2 rings (SSSR count). The molecule has 4 nitrogen and oxygen atoms in total. The van der Waals surface area contributed by atoms with Crippen molar-refractivity contribution < 1.29 is 19.0 Å². The van der Waals surface area contributed by atoms with Crippen molar-refractivity contribution in [3.63, 3.8) is 0 Å². The first-order valence-corrected chi connectivity index (χ1v) is 7.78. The molecule has 0 bridgehead atoms. The Balaban J connectivity index is 1.86. The van der Waals surface area contributed by atoms with E-state index in [4.69, 9.17) is 4.74 Å². The van der Waals surface area contributed by atoms with Crippen LogP contribution < -0.4 is 5.32 Å². The molecule has 0 aliphatic heterocycles. The predicted octanol–water partition coefficient (Wildman–Crippen LogP) is 2.67. The van der Waals surface area contributed by atoms with Gasteiger partial charge in [-0.15, -0.1) is 0 Å². The number of ether oxygens (including phenoxy) is 1. The van der Waals surface area contributed by atoms with Gasteiger partial charge in [0.05, 0.1) is 18.6 Å². The van der Waals surface area contributed by atoms with Gasteiger partial charge < -0.3 is 15.2 Å². The van der Waals surface area contributed by atoms with Gasteiger partial charge in [-0.2, -0.15) is 0 Å². The highest BCUT2D eigenvalue weighted by Crippen LogP contribution is 2.30. The maximum absolute atomic E-state index is 13.5. The van der Waals surface area contributed by atoms with Crippen molar-refractivity contribution in [3.8, 4) is 0 Å². The van der Waals surface area contributed by atoms with E-state index in [1.807, 2.05) is 0 Å². The highest BCUT2D eigenvalue weighted by molar-refractivity contribution is 5.77.